The molecule has 1 N–H and O–H groups in total. The summed E-state index contributed by atoms with van der Waals surface area (Å²) in [5.41, 5.74) is 0.664. The molecule has 1 aliphatic carbocycles. The highest BCUT2D eigenvalue weighted by atomic mass is 32.2. The van der Waals surface area contributed by atoms with Crippen molar-refractivity contribution < 1.29 is 0 Å². The highest BCUT2D eigenvalue weighted by Crippen LogP contribution is 2.40. The van der Waals surface area contributed by atoms with Crippen LogP contribution >= 0.6 is 11.8 Å². The summed E-state index contributed by atoms with van der Waals surface area (Å²) < 4.78 is 0. The summed E-state index contributed by atoms with van der Waals surface area (Å²) in [7, 11) is 2.08. The van der Waals surface area contributed by atoms with Crippen molar-refractivity contribution in [3.05, 3.63) is 0 Å². The summed E-state index contributed by atoms with van der Waals surface area (Å²) in [5, 5.41) is 3.35. The van der Waals surface area contributed by atoms with Crippen LogP contribution < -0.4 is 5.32 Å². The first-order valence-corrected chi connectivity index (χ1v) is 6.36. The van der Waals surface area contributed by atoms with Gasteiger partial charge >= 0.3 is 0 Å². The van der Waals surface area contributed by atoms with Gasteiger partial charge in [-0.2, -0.15) is 11.8 Å². The zero-order chi connectivity index (χ0) is 8.86. The predicted octanol–water partition coefficient (Wildman–Crippen LogP) is 2.52. The van der Waals surface area contributed by atoms with Crippen LogP contribution in [0.25, 0.3) is 0 Å². The van der Waals surface area contributed by atoms with E-state index in [1.165, 1.54) is 44.4 Å². The number of thioether (sulfide) groups is 1. The molecule has 12 heavy (non-hydrogen) atoms. The maximum Gasteiger partial charge on any atom is 0.000510 e. The molecule has 0 aromatic carbocycles. The first-order valence-electron chi connectivity index (χ1n) is 4.96. The van der Waals surface area contributed by atoms with Crippen molar-refractivity contribution in [2.45, 2.75) is 32.1 Å². The molecule has 0 amide bonds. The lowest BCUT2D eigenvalue weighted by atomic mass is 9.83. The predicted molar refractivity (Wildman–Crippen MR) is 57.8 cm³/mol. The maximum atomic E-state index is 3.35. The summed E-state index contributed by atoms with van der Waals surface area (Å²) in [6, 6.07) is 0. The van der Waals surface area contributed by atoms with E-state index in [2.05, 4.69) is 18.6 Å². The first kappa shape index (κ1) is 10.4. The molecule has 0 unspecified atom stereocenters. The lowest BCUT2D eigenvalue weighted by Crippen LogP contribution is -2.30. The van der Waals surface area contributed by atoms with E-state index in [0.717, 1.165) is 0 Å². The minimum Gasteiger partial charge on any atom is -0.319 e. The van der Waals surface area contributed by atoms with Gasteiger partial charge in [0, 0.05) is 6.54 Å². The van der Waals surface area contributed by atoms with Crippen LogP contribution in [0.1, 0.15) is 32.1 Å². The Kier molecular flexibility index (Phi) is 4.44. The van der Waals surface area contributed by atoms with E-state index >= 15 is 0 Å². The molecule has 0 aromatic heterocycles. The summed E-state index contributed by atoms with van der Waals surface area (Å²) in [4.78, 5) is 0. The van der Waals surface area contributed by atoms with Crippen LogP contribution in [0.5, 0.6) is 0 Å². The van der Waals surface area contributed by atoms with Crippen molar-refractivity contribution in [1.29, 1.82) is 0 Å². The highest BCUT2D eigenvalue weighted by molar-refractivity contribution is 7.98. The van der Waals surface area contributed by atoms with Gasteiger partial charge in [-0.25, -0.2) is 0 Å². The van der Waals surface area contributed by atoms with Gasteiger partial charge in [0.15, 0.2) is 0 Å². The fourth-order valence-electron chi connectivity index (χ4n) is 2.33. The van der Waals surface area contributed by atoms with Crippen LogP contribution in [0.15, 0.2) is 0 Å². The van der Waals surface area contributed by atoms with Gasteiger partial charge in [-0.05, 0) is 43.7 Å². The Morgan fingerprint density at radius 1 is 1.33 bits per heavy atom. The van der Waals surface area contributed by atoms with Crippen molar-refractivity contribution >= 4 is 11.8 Å². The first-order chi connectivity index (χ1) is 5.83. The molecule has 1 aliphatic rings. The summed E-state index contributed by atoms with van der Waals surface area (Å²) >= 11 is 1.99. The normalized spacial score (nSPS) is 21.5. The maximum absolute atomic E-state index is 3.35. The van der Waals surface area contributed by atoms with Crippen LogP contribution in [0.4, 0.5) is 0 Å². The Bertz CT molecular complexity index is 119. The highest BCUT2D eigenvalue weighted by Gasteiger charge is 2.32. The third-order valence-corrected chi connectivity index (χ3v) is 3.66. The largest absolute Gasteiger partial charge is 0.319 e. The molecule has 0 aromatic rings. The van der Waals surface area contributed by atoms with Gasteiger partial charge in [0.25, 0.3) is 0 Å². The Labute approximate surface area is 80.7 Å². The van der Waals surface area contributed by atoms with E-state index in [9.17, 15) is 0 Å². The lowest BCUT2D eigenvalue weighted by molar-refractivity contribution is 0.279. The Morgan fingerprint density at radius 2 is 2.00 bits per heavy atom. The molecule has 0 spiro atoms. The summed E-state index contributed by atoms with van der Waals surface area (Å²) in [5.74, 6) is 1.34. The monoisotopic (exact) mass is 187 g/mol. The molecular formula is C10H21NS. The van der Waals surface area contributed by atoms with Gasteiger partial charge in [-0.3, -0.25) is 0 Å². The van der Waals surface area contributed by atoms with Gasteiger partial charge in [-0.1, -0.05) is 12.8 Å². The summed E-state index contributed by atoms with van der Waals surface area (Å²) in [6.45, 7) is 1.23. The van der Waals surface area contributed by atoms with Crippen LogP contribution in [-0.2, 0) is 0 Å². The number of hydrogen-bond donors (Lipinski definition) is 1. The molecule has 0 heterocycles. The topological polar surface area (TPSA) is 12.0 Å². The lowest BCUT2D eigenvalue weighted by Gasteiger charge is -2.28. The van der Waals surface area contributed by atoms with Gasteiger partial charge in [0.1, 0.15) is 0 Å². The third kappa shape index (κ3) is 2.67. The molecule has 1 rings (SSSR count). The van der Waals surface area contributed by atoms with E-state index in [4.69, 9.17) is 0 Å². The summed E-state index contributed by atoms with van der Waals surface area (Å²) in [6.07, 6.45) is 9.44. The zero-order valence-electron chi connectivity index (χ0n) is 8.36. The van der Waals surface area contributed by atoms with Crippen molar-refractivity contribution in [2.75, 3.05) is 25.6 Å². The molecule has 72 valence electrons. The number of rotatable bonds is 5. The Balaban J connectivity index is 2.35. The molecule has 1 fully saturated rings. The zero-order valence-corrected chi connectivity index (χ0v) is 9.17. The molecule has 0 radical (unpaired) electrons. The van der Waals surface area contributed by atoms with Crippen LogP contribution in [0.2, 0.25) is 0 Å². The molecule has 0 bridgehead atoms. The SMILES string of the molecule is CNCC1(CCSC)CCCC1. The van der Waals surface area contributed by atoms with Crippen molar-refractivity contribution in [3.63, 3.8) is 0 Å². The molecule has 0 atom stereocenters. The molecule has 0 aliphatic heterocycles. The van der Waals surface area contributed by atoms with E-state index in [-0.39, 0.29) is 0 Å². The van der Waals surface area contributed by atoms with E-state index in [0.29, 0.717) is 5.41 Å². The van der Waals surface area contributed by atoms with Gasteiger partial charge in [0.05, 0.1) is 0 Å². The molecular weight excluding hydrogens is 166 g/mol. The fourth-order valence-corrected chi connectivity index (χ4v) is 2.97. The van der Waals surface area contributed by atoms with Gasteiger partial charge in [-0.15, -0.1) is 0 Å². The Morgan fingerprint density at radius 3 is 2.50 bits per heavy atom. The quantitative estimate of drug-likeness (QED) is 0.710. The number of nitrogens with one attached hydrogen (secondary N) is 1. The second-order valence-electron chi connectivity index (χ2n) is 3.98. The molecule has 1 saturated carbocycles. The van der Waals surface area contributed by atoms with Crippen molar-refractivity contribution in [3.8, 4) is 0 Å². The second-order valence-corrected chi connectivity index (χ2v) is 4.97. The van der Waals surface area contributed by atoms with E-state index in [1.54, 1.807) is 0 Å². The van der Waals surface area contributed by atoms with Crippen molar-refractivity contribution in [2.24, 2.45) is 5.41 Å². The minimum atomic E-state index is 0.664. The molecule has 1 nitrogen and oxygen atoms in total. The average Bonchev–Trinajstić information content (AvgIpc) is 2.51. The fraction of sp³-hybridized carbons (Fsp3) is 1.00. The smallest absolute Gasteiger partial charge is 0.000510 e. The van der Waals surface area contributed by atoms with Gasteiger partial charge < -0.3 is 5.32 Å². The average molecular weight is 187 g/mol. The van der Waals surface area contributed by atoms with Gasteiger partial charge in [0.2, 0.25) is 0 Å². The van der Waals surface area contributed by atoms with Crippen LogP contribution in [0.3, 0.4) is 0 Å². The second kappa shape index (κ2) is 5.13. The van der Waals surface area contributed by atoms with E-state index in [1.807, 2.05) is 11.8 Å². The Hall–Kier alpha value is 0.310. The number of hydrogen-bond acceptors (Lipinski definition) is 2. The van der Waals surface area contributed by atoms with Crippen molar-refractivity contribution in [1.82, 2.24) is 5.32 Å². The standard InChI is InChI=1S/C10H21NS/c1-11-9-10(7-8-12-2)5-3-4-6-10/h11H,3-9H2,1-2H3. The van der Waals surface area contributed by atoms with E-state index < -0.39 is 0 Å². The van der Waals surface area contributed by atoms with Crippen LogP contribution in [0, 0.1) is 5.41 Å². The molecule has 0 saturated heterocycles. The minimum absolute atomic E-state index is 0.664. The van der Waals surface area contributed by atoms with Crippen LogP contribution in [-0.4, -0.2) is 25.6 Å². The third-order valence-electron chi connectivity index (χ3n) is 3.05. The molecule has 2 heteroatoms.